The predicted molar refractivity (Wildman–Crippen MR) is 259 cm³/mol. The van der Waals surface area contributed by atoms with Gasteiger partial charge in [0.2, 0.25) is 0 Å². The first-order chi connectivity index (χ1) is 31.2. The Morgan fingerprint density at radius 1 is 0.365 bits per heavy atom. The number of rotatable bonds is 6. The SMILES string of the molecule is c1ccc(C2(c3ccccc3)c3ccccc3-c3c(-c4nc(-c5cccc(-c6ccc7c(c6)oc6ccccc67)c5)nc(-c5cccc6c5sc5ccccc56)n4)cccc32)cc1. The Kier molecular flexibility index (Phi) is 7.96. The van der Waals surface area contributed by atoms with E-state index in [4.69, 9.17) is 19.4 Å². The van der Waals surface area contributed by atoms with E-state index in [1.54, 1.807) is 11.3 Å². The number of benzene rings is 9. The van der Waals surface area contributed by atoms with Crippen molar-refractivity contribution in [3.05, 3.63) is 235 Å². The molecule has 0 saturated heterocycles. The van der Waals surface area contributed by atoms with E-state index in [-0.39, 0.29) is 0 Å². The van der Waals surface area contributed by atoms with Crippen LogP contribution in [0.3, 0.4) is 0 Å². The number of aromatic nitrogens is 3. The summed E-state index contributed by atoms with van der Waals surface area (Å²) >= 11 is 1.78. The molecule has 0 fully saturated rings. The average molecular weight is 822 g/mol. The van der Waals surface area contributed by atoms with Gasteiger partial charge in [0.25, 0.3) is 0 Å². The molecule has 0 saturated carbocycles. The first kappa shape index (κ1) is 35.7. The fourth-order valence-electron chi connectivity index (χ4n) is 10.1. The van der Waals surface area contributed by atoms with E-state index in [0.29, 0.717) is 17.5 Å². The summed E-state index contributed by atoms with van der Waals surface area (Å²) in [7, 11) is 0. The molecule has 0 atom stereocenters. The van der Waals surface area contributed by atoms with Crippen LogP contribution in [0.2, 0.25) is 0 Å². The lowest BCUT2D eigenvalue weighted by atomic mass is 9.67. The number of furan rings is 1. The van der Waals surface area contributed by atoms with Crippen molar-refractivity contribution in [1.82, 2.24) is 15.0 Å². The maximum absolute atomic E-state index is 6.32. The molecule has 294 valence electrons. The summed E-state index contributed by atoms with van der Waals surface area (Å²) in [6.07, 6.45) is 0. The van der Waals surface area contributed by atoms with Crippen LogP contribution >= 0.6 is 11.3 Å². The highest BCUT2D eigenvalue weighted by atomic mass is 32.1. The molecule has 3 heterocycles. The van der Waals surface area contributed by atoms with Crippen LogP contribution in [0.4, 0.5) is 0 Å². The Morgan fingerprint density at radius 3 is 1.78 bits per heavy atom. The summed E-state index contributed by atoms with van der Waals surface area (Å²) in [4.78, 5) is 16.3. The third kappa shape index (κ3) is 5.43. The van der Waals surface area contributed by atoms with Gasteiger partial charge < -0.3 is 4.42 Å². The van der Waals surface area contributed by atoms with E-state index in [0.717, 1.165) is 60.0 Å². The molecule has 1 aliphatic rings. The highest BCUT2D eigenvalue weighted by Gasteiger charge is 2.47. The normalized spacial score (nSPS) is 12.9. The zero-order valence-electron chi connectivity index (χ0n) is 33.9. The van der Waals surface area contributed by atoms with Gasteiger partial charge in [0, 0.05) is 47.6 Å². The summed E-state index contributed by atoms with van der Waals surface area (Å²) in [5.41, 5.74) is 13.3. The standard InChI is InChI=1S/C58H35N3OS/c1-3-18-39(19-4-1)58(40-20-5-2-6-21-40)48-28-10-7-24-45(48)53-46(26-15-29-49(53)58)56-59-55(60-57(61-56)47-27-14-25-44-43-23-9-12-31-52(43)63-54(44)47)38-17-13-16-36(34-38)37-32-33-42-41-22-8-11-30-50(41)62-51(42)35-37/h1-35H. The summed E-state index contributed by atoms with van der Waals surface area (Å²) in [6.45, 7) is 0. The maximum atomic E-state index is 6.32. The fourth-order valence-corrected chi connectivity index (χ4v) is 11.3. The van der Waals surface area contributed by atoms with E-state index in [2.05, 4.69) is 200 Å². The van der Waals surface area contributed by atoms with Crippen LogP contribution in [-0.4, -0.2) is 15.0 Å². The molecule has 63 heavy (non-hydrogen) atoms. The molecule has 0 N–H and O–H groups in total. The lowest BCUT2D eigenvalue weighted by Gasteiger charge is -2.33. The molecule has 5 heteroatoms. The number of fused-ring (bicyclic) bond motifs is 9. The van der Waals surface area contributed by atoms with Crippen LogP contribution < -0.4 is 0 Å². The number of para-hydroxylation sites is 1. The van der Waals surface area contributed by atoms with E-state index >= 15 is 0 Å². The van der Waals surface area contributed by atoms with Crippen LogP contribution in [0.5, 0.6) is 0 Å². The van der Waals surface area contributed by atoms with Crippen molar-refractivity contribution in [1.29, 1.82) is 0 Å². The zero-order valence-corrected chi connectivity index (χ0v) is 34.7. The third-order valence-corrected chi connectivity index (χ3v) is 14.1. The molecule has 1 aliphatic carbocycles. The van der Waals surface area contributed by atoms with Crippen LogP contribution in [-0.2, 0) is 5.41 Å². The van der Waals surface area contributed by atoms with Crippen LogP contribution in [0.1, 0.15) is 22.3 Å². The van der Waals surface area contributed by atoms with Gasteiger partial charge in [0.05, 0.1) is 5.41 Å². The number of thiophene rings is 1. The minimum absolute atomic E-state index is 0.554. The largest absolute Gasteiger partial charge is 0.456 e. The van der Waals surface area contributed by atoms with E-state index in [9.17, 15) is 0 Å². The Balaban J connectivity index is 1.05. The molecule has 3 aromatic heterocycles. The topological polar surface area (TPSA) is 51.8 Å². The molecule has 12 aromatic rings. The van der Waals surface area contributed by atoms with E-state index < -0.39 is 5.41 Å². The quantitative estimate of drug-likeness (QED) is 0.168. The van der Waals surface area contributed by atoms with Crippen molar-refractivity contribution >= 4 is 53.4 Å². The van der Waals surface area contributed by atoms with Gasteiger partial charge >= 0.3 is 0 Å². The van der Waals surface area contributed by atoms with Crippen molar-refractivity contribution in [2.75, 3.05) is 0 Å². The maximum Gasteiger partial charge on any atom is 0.165 e. The molecule has 0 radical (unpaired) electrons. The molecular weight excluding hydrogens is 787 g/mol. The first-order valence-corrected chi connectivity index (χ1v) is 22.1. The molecule has 9 aromatic carbocycles. The molecule has 0 amide bonds. The summed E-state index contributed by atoms with van der Waals surface area (Å²) in [5, 5.41) is 4.66. The van der Waals surface area contributed by atoms with Crippen molar-refractivity contribution in [2.45, 2.75) is 5.41 Å². The van der Waals surface area contributed by atoms with Crippen molar-refractivity contribution in [3.63, 3.8) is 0 Å². The van der Waals surface area contributed by atoms with Gasteiger partial charge in [-0.05, 0) is 80.9 Å². The van der Waals surface area contributed by atoms with Gasteiger partial charge in [-0.2, -0.15) is 0 Å². The Labute approximate surface area is 367 Å². The molecule has 0 unspecified atom stereocenters. The highest BCUT2D eigenvalue weighted by molar-refractivity contribution is 7.26. The number of hydrogen-bond acceptors (Lipinski definition) is 5. The second-order valence-corrected chi connectivity index (χ2v) is 17.3. The minimum atomic E-state index is -0.554. The second kappa shape index (κ2) is 14.0. The third-order valence-electron chi connectivity index (χ3n) is 12.8. The molecular formula is C58H35N3OS. The Hall–Kier alpha value is -7.99. The second-order valence-electron chi connectivity index (χ2n) is 16.2. The van der Waals surface area contributed by atoms with E-state index in [1.807, 2.05) is 12.1 Å². The molecule has 4 nitrogen and oxygen atoms in total. The predicted octanol–water partition coefficient (Wildman–Crippen LogP) is 15.2. The lowest BCUT2D eigenvalue weighted by Crippen LogP contribution is -2.28. The smallest absolute Gasteiger partial charge is 0.165 e. The molecule has 0 spiro atoms. The van der Waals surface area contributed by atoms with Gasteiger partial charge in [-0.15, -0.1) is 11.3 Å². The Morgan fingerprint density at radius 2 is 0.937 bits per heavy atom. The Bertz CT molecular complexity index is 3720. The average Bonchev–Trinajstić information content (AvgIpc) is 4.03. The van der Waals surface area contributed by atoms with E-state index in [1.165, 1.54) is 43.3 Å². The van der Waals surface area contributed by atoms with Crippen LogP contribution in [0, 0.1) is 0 Å². The lowest BCUT2D eigenvalue weighted by molar-refractivity contribution is 0.669. The fraction of sp³-hybridized carbons (Fsp3) is 0.0172. The van der Waals surface area contributed by atoms with Gasteiger partial charge in [-0.1, -0.05) is 176 Å². The van der Waals surface area contributed by atoms with Crippen LogP contribution in [0.25, 0.3) is 98.5 Å². The summed E-state index contributed by atoms with van der Waals surface area (Å²) < 4.78 is 8.71. The van der Waals surface area contributed by atoms with Crippen LogP contribution in [0.15, 0.2) is 217 Å². The van der Waals surface area contributed by atoms with Gasteiger partial charge in [-0.25, -0.2) is 15.0 Å². The number of nitrogens with zero attached hydrogens (tertiary/aromatic N) is 3. The highest BCUT2D eigenvalue weighted by Crippen LogP contribution is 2.58. The molecule has 0 bridgehead atoms. The first-order valence-electron chi connectivity index (χ1n) is 21.3. The van der Waals surface area contributed by atoms with Gasteiger partial charge in [0.1, 0.15) is 11.2 Å². The molecule has 13 rings (SSSR count). The van der Waals surface area contributed by atoms with Gasteiger partial charge in [-0.3, -0.25) is 0 Å². The number of hydrogen-bond donors (Lipinski definition) is 0. The van der Waals surface area contributed by atoms with Gasteiger partial charge in [0.15, 0.2) is 17.5 Å². The summed E-state index contributed by atoms with van der Waals surface area (Å²) in [5.74, 6) is 1.88. The van der Waals surface area contributed by atoms with Crippen molar-refractivity contribution in [2.24, 2.45) is 0 Å². The zero-order chi connectivity index (χ0) is 41.5. The molecule has 0 aliphatic heterocycles. The summed E-state index contributed by atoms with van der Waals surface area (Å²) in [6, 6.07) is 75.6. The minimum Gasteiger partial charge on any atom is -0.456 e. The van der Waals surface area contributed by atoms with Crippen molar-refractivity contribution in [3.8, 4) is 56.4 Å². The monoisotopic (exact) mass is 821 g/mol. The van der Waals surface area contributed by atoms with Crippen molar-refractivity contribution < 1.29 is 4.42 Å².